The number of hydrogen-bond donors (Lipinski definition) is 2. The van der Waals surface area contributed by atoms with Crippen molar-refractivity contribution in [1.82, 2.24) is 0 Å². The molecule has 1 aliphatic carbocycles. The van der Waals surface area contributed by atoms with E-state index >= 15 is 0 Å². The molecule has 0 saturated heterocycles. The number of hydrogen-bond acceptors (Lipinski definition) is 2. The molecule has 1 rings (SSSR count). The highest BCUT2D eigenvalue weighted by Gasteiger charge is 2.43. The smallest absolute Gasteiger partial charge is 0.309 e. The summed E-state index contributed by atoms with van der Waals surface area (Å²) in [5, 5.41) is 19.8. The van der Waals surface area contributed by atoms with Crippen LogP contribution in [0.2, 0.25) is 0 Å². The molecule has 0 amide bonds. The topological polar surface area (TPSA) is 57.5 Å². The van der Waals surface area contributed by atoms with Crippen LogP contribution in [0.3, 0.4) is 0 Å². The second-order valence-electron chi connectivity index (χ2n) is 5.25. The molecule has 0 unspecified atom stereocenters. The molecule has 0 bridgehead atoms. The molecule has 1 saturated carbocycles. The summed E-state index contributed by atoms with van der Waals surface area (Å²) in [5.74, 6) is -0.753. The number of aliphatic carboxylic acids is 1. The number of carboxylic acid groups (broad SMARTS) is 1. The molecule has 0 radical (unpaired) electrons. The Kier molecular flexibility index (Phi) is 4.36. The predicted octanol–water partition coefficient (Wildman–Crippen LogP) is 2.96. The molecule has 3 heteroatoms. The first-order chi connectivity index (χ1) is 7.48. The summed E-state index contributed by atoms with van der Waals surface area (Å²) in [5.41, 5.74) is -1.46. The molecule has 0 aromatic carbocycles. The first kappa shape index (κ1) is 13.5. The predicted molar refractivity (Wildman–Crippen MR) is 63.3 cm³/mol. The summed E-state index contributed by atoms with van der Waals surface area (Å²) in [6.07, 6.45) is 6.37. The number of aliphatic hydroxyl groups is 1. The lowest BCUT2D eigenvalue weighted by Crippen LogP contribution is -2.42. The van der Waals surface area contributed by atoms with Gasteiger partial charge in [0.25, 0.3) is 0 Å². The lowest BCUT2D eigenvalue weighted by atomic mass is 9.69. The van der Waals surface area contributed by atoms with E-state index in [1.54, 1.807) is 0 Å². The second kappa shape index (κ2) is 5.17. The Morgan fingerprint density at radius 2 is 1.69 bits per heavy atom. The highest BCUT2D eigenvalue weighted by Crippen LogP contribution is 2.42. The Bertz CT molecular complexity index is 238. The van der Waals surface area contributed by atoms with E-state index in [0.717, 1.165) is 25.7 Å². The summed E-state index contributed by atoms with van der Waals surface area (Å²) in [7, 11) is 0. The average Bonchev–Trinajstić information content (AvgIpc) is 2.26. The zero-order valence-corrected chi connectivity index (χ0v) is 10.5. The van der Waals surface area contributed by atoms with Gasteiger partial charge in [0.2, 0.25) is 0 Å². The van der Waals surface area contributed by atoms with Crippen molar-refractivity contribution >= 4 is 5.97 Å². The van der Waals surface area contributed by atoms with E-state index < -0.39 is 17.0 Å². The van der Waals surface area contributed by atoms with Gasteiger partial charge in [0.15, 0.2) is 0 Å². The molecule has 0 aromatic rings. The van der Waals surface area contributed by atoms with Crippen molar-refractivity contribution in [1.29, 1.82) is 0 Å². The van der Waals surface area contributed by atoms with Crippen LogP contribution in [0.4, 0.5) is 0 Å². The monoisotopic (exact) mass is 228 g/mol. The quantitative estimate of drug-likeness (QED) is 0.760. The van der Waals surface area contributed by atoms with Gasteiger partial charge >= 0.3 is 5.97 Å². The Morgan fingerprint density at radius 1 is 1.19 bits per heavy atom. The van der Waals surface area contributed by atoms with E-state index in [1.807, 2.05) is 13.8 Å². The highest BCUT2D eigenvalue weighted by atomic mass is 16.4. The summed E-state index contributed by atoms with van der Waals surface area (Å²) in [4.78, 5) is 11.4. The SMILES string of the molecule is CCC(CC)(CC1(O)CCCCC1)C(=O)O. The van der Waals surface area contributed by atoms with Crippen LogP contribution >= 0.6 is 0 Å². The van der Waals surface area contributed by atoms with E-state index in [-0.39, 0.29) is 0 Å². The summed E-state index contributed by atoms with van der Waals surface area (Å²) >= 11 is 0. The standard InChI is InChI=1S/C13H24O3/c1-3-12(4-2,11(14)15)10-13(16)8-6-5-7-9-13/h16H,3-10H2,1-2H3,(H,14,15). The molecule has 0 atom stereocenters. The molecule has 0 heterocycles. The van der Waals surface area contributed by atoms with Crippen molar-refractivity contribution in [3.05, 3.63) is 0 Å². The third-order valence-electron chi connectivity index (χ3n) is 4.26. The fourth-order valence-electron chi connectivity index (χ4n) is 2.89. The summed E-state index contributed by atoms with van der Waals surface area (Å²) in [6.45, 7) is 3.81. The van der Waals surface area contributed by atoms with Crippen molar-refractivity contribution in [2.45, 2.75) is 70.8 Å². The Hall–Kier alpha value is -0.570. The number of carboxylic acids is 1. The third-order valence-corrected chi connectivity index (χ3v) is 4.26. The molecule has 3 nitrogen and oxygen atoms in total. The van der Waals surface area contributed by atoms with Crippen LogP contribution in [0.25, 0.3) is 0 Å². The lowest BCUT2D eigenvalue weighted by Gasteiger charge is -2.39. The largest absolute Gasteiger partial charge is 0.481 e. The van der Waals surface area contributed by atoms with Crippen LogP contribution in [0.5, 0.6) is 0 Å². The normalized spacial score (nSPS) is 20.7. The molecular formula is C13H24O3. The summed E-state index contributed by atoms with van der Waals surface area (Å²) < 4.78 is 0. The molecule has 0 spiro atoms. The second-order valence-corrected chi connectivity index (χ2v) is 5.25. The van der Waals surface area contributed by atoms with Crippen LogP contribution < -0.4 is 0 Å². The number of carbonyl (C=O) groups is 1. The maximum Gasteiger partial charge on any atom is 0.309 e. The van der Waals surface area contributed by atoms with Crippen molar-refractivity contribution in [3.63, 3.8) is 0 Å². The zero-order valence-electron chi connectivity index (χ0n) is 10.5. The summed E-state index contributed by atoms with van der Waals surface area (Å²) in [6, 6.07) is 0. The van der Waals surface area contributed by atoms with Gasteiger partial charge in [-0.25, -0.2) is 0 Å². The van der Waals surface area contributed by atoms with Crippen molar-refractivity contribution in [2.75, 3.05) is 0 Å². The maximum absolute atomic E-state index is 11.4. The van der Waals surface area contributed by atoms with Gasteiger partial charge in [-0.3, -0.25) is 4.79 Å². The van der Waals surface area contributed by atoms with E-state index in [2.05, 4.69) is 0 Å². The van der Waals surface area contributed by atoms with E-state index in [9.17, 15) is 15.0 Å². The van der Waals surface area contributed by atoms with Crippen LogP contribution in [-0.4, -0.2) is 21.8 Å². The first-order valence-corrected chi connectivity index (χ1v) is 6.44. The zero-order chi connectivity index (χ0) is 12.2. The van der Waals surface area contributed by atoms with Gasteiger partial charge in [0.05, 0.1) is 11.0 Å². The minimum Gasteiger partial charge on any atom is -0.481 e. The molecule has 0 aromatic heterocycles. The van der Waals surface area contributed by atoms with Crippen molar-refractivity contribution in [3.8, 4) is 0 Å². The molecular weight excluding hydrogens is 204 g/mol. The maximum atomic E-state index is 11.4. The van der Waals surface area contributed by atoms with Crippen LogP contribution in [0.15, 0.2) is 0 Å². The van der Waals surface area contributed by atoms with Crippen LogP contribution in [-0.2, 0) is 4.79 Å². The van der Waals surface area contributed by atoms with Crippen molar-refractivity contribution in [2.24, 2.45) is 5.41 Å². The molecule has 16 heavy (non-hydrogen) atoms. The van der Waals surface area contributed by atoms with Gasteiger partial charge in [-0.05, 0) is 32.1 Å². The minimum atomic E-state index is -0.753. The minimum absolute atomic E-state index is 0.419. The van der Waals surface area contributed by atoms with Gasteiger partial charge < -0.3 is 10.2 Å². The molecule has 0 aliphatic heterocycles. The fourth-order valence-corrected chi connectivity index (χ4v) is 2.89. The fraction of sp³-hybridized carbons (Fsp3) is 0.923. The van der Waals surface area contributed by atoms with Crippen LogP contribution in [0.1, 0.15) is 65.2 Å². The molecule has 94 valence electrons. The first-order valence-electron chi connectivity index (χ1n) is 6.44. The highest BCUT2D eigenvalue weighted by molar-refractivity contribution is 5.74. The van der Waals surface area contributed by atoms with Gasteiger partial charge in [-0.15, -0.1) is 0 Å². The van der Waals surface area contributed by atoms with E-state index in [1.165, 1.54) is 6.42 Å². The van der Waals surface area contributed by atoms with E-state index in [4.69, 9.17) is 0 Å². The van der Waals surface area contributed by atoms with Crippen molar-refractivity contribution < 1.29 is 15.0 Å². The average molecular weight is 228 g/mol. The number of rotatable bonds is 5. The van der Waals surface area contributed by atoms with Gasteiger partial charge in [-0.1, -0.05) is 33.1 Å². The lowest BCUT2D eigenvalue weighted by molar-refractivity contribution is -0.155. The third kappa shape index (κ3) is 2.76. The molecule has 2 N–H and O–H groups in total. The van der Waals surface area contributed by atoms with Gasteiger partial charge in [0, 0.05) is 0 Å². The van der Waals surface area contributed by atoms with E-state index in [0.29, 0.717) is 19.3 Å². The van der Waals surface area contributed by atoms with Crippen LogP contribution in [0, 0.1) is 5.41 Å². The molecule has 1 fully saturated rings. The molecule has 1 aliphatic rings. The Balaban J connectivity index is 2.77. The van der Waals surface area contributed by atoms with Gasteiger partial charge in [-0.2, -0.15) is 0 Å². The Labute approximate surface area is 97.9 Å². The van der Waals surface area contributed by atoms with Gasteiger partial charge in [0.1, 0.15) is 0 Å². The Morgan fingerprint density at radius 3 is 2.06 bits per heavy atom.